The van der Waals surface area contributed by atoms with Crippen LogP contribution in [0.3, 0.4) is 0 Å². The van der Waals surface area contributed by atoms with Crippen molar-refractivity contribution in [2.75, 3.05) is 0 Å². The van der Waals surface area contributed by atoms with Crippen LogP contribution < -0.4 is 0 Å². The zero-order valence-electron chi connectivity index (χ0n) is 35.9. The Balaban J connectivity index is 0.000000330. The number of aromatic nitrogens is 1. The molecule has 1 N–H and O–H groups in total. The van der Waals surface area contributed by atoms with Crippen molar-refractivity contribution in [1.82, 2.24) is 4.98 Å². The molecule has 56 heavy (non-hydrogen) atoms. The minimum atomic E-state index is -0.337. The molecule has 0 aliphatic carbocycles. The maximum absolute atomic E-state index is 12.2. The van der Waals surface area contributed by atoms with Gasteiger partial charge in [-0.1, -0.05) is 117 Å². The molecule has 3 heterocycles. The summed E-state index contributed by atoms with van der Waals surface area (Å²) in [5.41, 5.74) is 9.74. The number of fused-ring (bicyclic) bond motifs is 3. The van der Waals surface area contributed by atoms with Crippen molar-refractivity contribution in [3.05, 3.63) is 100 Å². The van der Waals surface area contributed by atoms with Gasteiger partial charge in [0.2, 0.25) is 0 Å². The van der Waals surface area contributed by atoms with Crippen LogP contribution in [0.5, 0.6) is 0 Å². The van der Waals surface area contributed by atoms with Crippen LogP contribution in [-0.4, -0.2) is 15.9 Å². The third-order valence-electron chi connectivity index (χ3n) is 12.1. The van der Waals surface area contributed by atoms with E-state index in [1.807, 2.05) is 41.5 Å². The number of rotatable bonds is 11. The fourth-order valence-corrected chi connectivity index (χ4v) is 8.28. The SMILES string of the molecule is CCC(C)(CC)C(=O)/C=C(\O)C(C)(CC)CC.Cc1oc2ccc(-c3cc(-c4[c-]c5ccccc5c(C(C)(C)C)c4)nc4c(C)csc34)cc2c1CC(C)C.[Ir]. The van der Waals surface area contributed by atoms with Gasteiger partial charge in [-0.05, 0) is 91.5 Å². The van der Waals surface area contributed by atoms with Gasteiger partial charge in [0.1, 0.15) is 17.1 Å². The molecule has 0 bridgehead atoms. The van der Waals surface area contributed by atoms with Crippen LogP contribution in [0.1, 0.15) is 124 Å². The third kappa shape index (κ3) is 9.25. The predicted octanol–water partition coefficient (Wildman–Crippen LogP) is 15.1. The second kappa shape index (κ2) is 17.9. The maximum Gasteiger partial charge on any atom is 0.164 e. The molecule has 0 atom stereocenters. The molecule has 0 unspecified atom stereocenters. The number of nitrogens with zero attached hydrogens (tertiary/aromatic N) is 1. The van der Waals surface area contributed by atoms with E-state index in [1.165, 1.54) is 49.4 Å². The Kier molecular flexibility index (Phi) is 14.4. The molecular weight excluding hydrogens is 887 g/mol. The first-order valence-corrected chi connectivity index (χ1v) is 21.1. The molecular formula is C50H62IrNO3S-. The van der Waals surface area contributed by atoms with Gasteiger partial charge < -0.3 is 9.52 Å². The first-order chi connectivity index (χ1) is 25.9. The second-order valence-electron chi connectivity index (χ2n) is 17.4. The van der Waals surface area contributed by atoms with Gasteiger partial charge in [0.15, 0.2) is 5.78 Å². The summed E-state index contributed by atoms with van der Waals surface area (Å²) >= 11 is 1.78. The molecule has 0 fully saturated rings. The Morgan fingerprint density at radius 3 is 2.14 bits per heavy atom. The molecule has 301 valence electrons. The van der Waals surface area contributed by atoms with Gasteiger partial charge >= 0.3 is 0 Å². The van der Waals surface area contributed by atoms with Gasteiger partial charge in [0, 0.05) is 53.7 Å². The molecule has 0 saturated heterocycles. The number of aliphatic hydroxyl groups is 1. The third-order valence-corrected chi connectivity index (χ3v) is 13.2. The monoisotopic (exact) mass is 949 g/mol. The first-order valence-electron chi connectivity index (χ1n) is 20.2. The molecule has 4 nitrogen and oxygen atoms in total. The second-order valence-corrected chi connectivity index (χ2v) is 18.3. The summed E-state index contributed by atoms with van der Waals surface area (Å²) in [7, 11) is 0. The van der Waals surface area contributed by atoms with Crippen molar-refractivity contribution in [2.45, 2.75) is 128 Å². The number of aryl methyl sites for hydroxylation is 2. The minimum Gasteiger partial charge on any atom is -0.512 e. The van der Waals surface area contributed by atoms with Crippen LogP contribution in [0.25, 0.3) is 54.3 Å². The molecule has 0 spiro atoms. The molecule has 6 aromatic rings. The fourth-order valence-electron chi connectivity index (χ4n) is 7.25. The number of carbonyl (C=O) groups excluding carboxylic acids is 1. The van der Waals surface area contributed by atoms with Crippen molar-refractivity contribution >= 4 is 49.1 Å². The van der Waals surface area contributed by atoms with Crippen LogP contribution in [-0.2, 0) is 36.7 Å². The Morgan fingerprint density at radius 1 is 0.893 bits per heavy atom. The topological polar surface area (TPSA) is 63.3 Å². The van der Waals surface area contributed by atoms with Crippen LogP contribution >= 0.6 is 11.3 Å². The Morgan fingerprint density at radius 2 is 1.54 bits per heavy atom. The first kappa shape index (κ1) is 45.1. The van der Waals surface area contributed by atoms with Crippen LogP contribution in [0.15, 0.2) is 76.2 Å². The smallest absolute Gasteiger partial charge is 0.164 e. The molecule has 0 aliphatic heterocycles. The van der Waals surface area contributed by atoms with Gasteiger partial charge in [0.05, 0.1) is 10.2 Å². The minimum absolute atomic E-state index is 0. The van der Waals surface area contributed by atoms with Crippen molar-refractivity contribution in [3.8, 4) is 22.4 Å². The van der Waals surface area contributed by atoms with E-state index in [9.17, 15) is 9.90 Å². The van der Waals surface area contributed by atoms with Gasteiger partial charge in [-0.15, -0.1) is 40.5 Å². The summed E-state index contributed by atoms with van der Waals surface area (Å²) in [5.74, 6) is 1.88. The number of thiophene rings is 1. The summed E-state index contributed by atoms with van der Waals surface area (Å²) in [6.45, 7) is 27.7. The summed E-state index contributed by atoms with van der Waals surface area (Å²) in [6.07, 6.45) is 5.77. The van der Waals surface area contributed by atoms with E-state index < -0.39 is 0 Å². The Bertz CT molecular complexity index is 2340. The Hall–Kier alpha value is -3.57. The largest absolute Gasteiger partial charge is 0.512 e. The van der Waals surface area contributed by atoms with Gasteiger partial charge in [-0.25, -0.2) is 0 Å². The van der Waals surface area contributed by atoms with Crippen molar-refractivity contribution in [1.29, 1.82) is 0 Å². The molecule has 0 aliphatic rings. The average Bonchev–Trinajstić information content (AvgIpc) is 3.70. The van der Waals surface area contributed by atoms with Crippen LogP contribution in [0.2, 0.25) is 0 Å². The number of benzene rings is 3. The molecule has 1 radical (unpaired) electrons. The number of pyridine rings is 1. The van der Waals surface area contributed by atoms with E-state index in [-0.39, 0.29) is 47.9 Å². The number of carbonyl (C=O) groups is 1. The molecule has 3 aromatic carbocycles. The van der Waals surface area contributed by atoms with E-state index in [0.717, 1.165) is 65.6 Å². The molecule has 6 heteroatoms. The van der Waals surface area contributed by atoms with Gasteiger partial charge in [-0.2, -0.15) is 0 Å². The maximum atomic E-state index is 12.2. The van der Waals surface area contributed by atoms with Crippen LogP contribution in [0.4, 0.5) is 0 Å². The number of hydrogen-bond acceptors (Lipinski definition) is 5. The number of furan rings is 1. The summed E-state index contributed by atoms with van der Waals surface area (Å²) in [5, 5.41) is 16.0. The number of hydrogen-bond donors (Lipinski definition) is 1. The standard InChI is InChI=1S/C35H34NOS.C15H28O2.Ir/c1-20(2)14-27-22(4)37-32-13-12-24(16-29(27)32)28-18-31(36-33-21(3)19-38-34(28)33)25-15-23-10-8-9-11-26(23)30(17-25)35(5,6)7;1-7-14(5,8-2)12(16)11-13(17)15(6,9-3)10-4;/h8-13,16-20H,14H2,1-7H3;11,16H,7-10H2,1-6H3;/q-1;;/b;12-11-;. The van der Waals surface area contributed by atoms with Crippen molar-refractivity contribution in [2.24, 2.45) is 16.7 Å². The van der Waals surface area contributed by atoms with E-state index in [2.05, 4.69) is 115 Å². The fraction of sp³-hybridized carbons (Fsp3) is 0.440. The molecule has 0 saturated carbocycles. The number of ketones is 1. The molecule has 0 amide bonds. The van der Waals surface area contributed by atoms with Gasteiger partial charge in [0.25, 0.3) is 0 Å². The number of aliphatic hydroxyl groups excluding tert-OH is 1. The van der Waals surface area contributed by atoms with Gasteiger partial charge in [-0.3, -0.25) is 9.78 Å². The van der Waals surface area contributed by atoms with E-state index in [0.29, 0.717) is 5.92 Å². The van der Waals surface area contributed by atoms with E-state index >= 15 is 0 Å². The van der Waals surface area contributed by atoms with Crippen molar-refractivity contribution < 1.29 is 34.4 Å². The predicted molar refractivity (Wildman–Crippen MR) is 236 cm³/mol. The van der Waals surface area contributed by atoms with Crippen LogP contribution in [0, 0.1) is 36.7 Å². The zero-order valence-corrected chi connectivity index (χ0v) is 39.1. The van der Waals surface area contributed by atoms with E-state index in [4.69, 9.17) is 9.40 Å². The average molecular weight is 949 g/mol. The quantitative estimate of drug-likeness (QED) is 0.0798. The van der Waals surface area contributed by atoms with Crippen molar-refractivity contribution in [3.63, 3.8) is 0 Å². The zero-order chi connectivity index (χ0) is 40.5. The summed E-state index contributed by atoms with van der Waals surface area (Å²) in [6, 6.07) is 23.5. The Labute approximate surface area is 353 Å². The molecule has 6 rings (SSSR count). The summed E-state index contributed by atoms with van der Waals surface area (Å²) in [4.78, 5) is 17.4. The normalized spacial score (nSPS) is 12.6. The molecule has 3 aromatic heterocycles. The summed E-state index contributed by atoms with van der Waals surface area (Å²) < 4.78 is 7.38. The number of allylic oxidation sites excluding steroid dienone is 2. The van der Waals surface area contributed by atoms with E-state index in [1.54, 1.807) is 11.3 Å².